The van der Waals surface area contributed by atoms with Gasteiger partial charge in [-0.2, -0.15) is 18.3 Å². The summed E-state index contributed by atoms with van der Waals surface area (Å²) >= 11 is 0. The Morgan fingerprint density at radius 2 is 2.21 bits per heavy atom. The zero-order valence-corrected chi connectivity index (χ0v) is 15.7. The molecule has 3 rings (SSSR count). The molecule has 1 atom stereocenters. The van der Waals surface area contributed by atoms with Gasteiger partial charge in [-0.3, -0.25) is 9.67 Å². The molecule has 0 amide bonds. The third kappa shape index (κ3) is 5.25. The lowest BCUT2D eigenvalue weighted by molar-refractivity contribution is -0.137. The van der Waals surface area contributed by atoms with Gasteiger partial charge in [0.05, 0.1) is 18.7 Å². The van der Waals surface area contributed by atoms with Crippen molar-refractivity contribution in [1.29, 1.82) is 0 Å². The van der Waals surface area contributed by atoms with Crippen molar-refractivity contribution in [3.8, 4) is 0 Å². The van der Waals surface area contributed by atoms with Crippen LogP contribution in [0.5, 0.6) is 0 Å². The van der Waals surface area contributed by atoms with Crippen molar-refractivity contribution in [2.24, 2.45) is 4.99 Å². The van der Waals surface area contributed by atoms with E-state index in [-0.39, 0.29) is 0 Å². The second-order valence-corrected chi connectivity index (χ2v) is 6.53. The Labute approximate surface area is 162 Å². The Bertz CT molecular complexity index is 776. The van der Waals surface area contributed by atoms with E-state index in [1.54, 1.807) is 19.3 Å². The highest BCUT2D eigenvalue weighted by atomic mass is 19.4. The third-order valence-electron chi connectivity index (χ3n) is 4.57. The van der Waals surface area contributed by atoms with E-state index in [1.807, 2.05) is 21.8 Å². The van der Waals surface area contributed by atoms with E-state index < -0.39 is 17.8 Å². The summed E-state index contributed by atoms with van der Waals surface area (Å²) < 4.78 is 46.5. The largest absolute Gasteiger partial charge is 0.416 e. The number of nitrogens with zero attached hydrogens (tertiary/aromatic N) is 4. The van der Waals surface area contributed by atoms with Gasteiger partial charge < -0.3 is 15.0 Å². The molecule has 1 aliphatic heterocycles. The minimum atomic E-state index is -4.36. The van der Waals surface area contributed by atoms with Crippen LogP contribution in [0, 0.1) is 0 Å². The molecular formula is C19H24F3N5O. The summed E-state index contributed by atoms with van der Waals surface area (Å²) in [6, 6.07) is 7.21. The Kier molecular flexibility index (Phi) is 6.56. The van der Waals surface area contributed by atoms with Crippen LogP contribution in [0.1, 0.15) is 23.7 Å². The van der Waals surface area contributed by atoms with Crippen molar-refractivity contribution in [1.82, 2.24) is 20.0 Å². The first-order chi connectivity index (χ1) is 13.5. The van der Waals surface area contributed by atoms with Crippen molar-refractivity contribution in [2.75, 3.05) is 33.3 Å². The summed E-state index contributed by atoms with van der Waals surface area (Å²) in [7, 11) is 1.70. The predicted molar refractivity (Wildman–Crippen MR) is 99.9 cm³/mol. The van der Waals surface area contributed by atoms with Gasteiger partial charge in [-0.15, -0.1) is 0 Å². The third-order valence-corrected chi connectivity index (χ3v) is 4.57. The van der Waals surface area contributed by atoms with Crippen LogP contribution in [0.25, 0.3) is 0 Å². The van der Waals surface area contributed by atoms with Crippen LogP contribution in [-0.4, -0.2) is 53.9 Å². The van der Waals surface area contributed by atoms with E-state index >= 15 is 0 Å². The Balaban J connectivity index is 1.57. The van der Waals surface area contributed by atoms with Gasteiger partial charge in [0.1, 0.15) is 6.10 Å². The standard InChI is InChI=1S/C19H24F3N5O/c1-23-18(24-7-3-9-27-10-4-8-25-27)26-11-12-28-17(14-26)15-5-2-6-16(13-15)19(20,21)22/h2,4-6,8,10,13,17H,3,7,9,11-12,14H2,1H3,(H,23,24). The highest BCUT2D eigenvalue weighted by molar-refractivity contribution is 5.80. The number of aromatic nitrogens is 2. The SMILES string of the molecule is CN=C(NCCCn1cccn1)N1CCOC(c2cccc(C(F)(F)F)c2)C1. The van der Waals surface area contributed by atoms with E-state index in [2.05, 4.69) is 15.4 Å². The fourth-order valence-corrected chi connectivity index (χ4v) is 3.16. The molecule has 1 aromatic heterocycles. The molecule has 6 nitrogen and oxygen atoms in total. The first-order valence-electron chi connectivity index (χ1n) is 9.19. The molecule has 1 unspecified atom stereocenters. The van der Waals surface area contributed by atoms with Gasteiger partial charge in [-0.05, 0) is 30.2 Å². The van der Waals surface area contributed by atoms with Gasteiger partial charge >= 0.3 is 6.18 Å². The fourth-order valence-electron chi connectivity index (χ4n) is 3.16. The Morgan fingerprint density at radius 3 is 2.93 bits per heavy atom. The summed E-state index contributed by atoms with van der Waals surface area (Å²) in [5.41, 5.74) is -0.138. The van der Waals surface area contributed by atoms with Gasteiger partial charge in [0, 0.05) is 39.1 Å². The molecule has 9 heteroatoms. The zero-order chi connectivity index (χ0) is 20.0. The number of aryl methyl sites for hydroxylation is 1. The summed E-state index contributed by atoms with van der Waals surface area (Å²) in [4.78, 5) is 6.32. The van der Waals surface area contributed by atoms with E-state index in [1.165, 1.54) is 6.07 Å². The molecule has 0 radical (unpaired) electrons. The molecular weight excluding hydrogens is 371 g/mol. The van der Waals surface area contributed by atoms with Gasteiger partial charge in [-0.25, -0.2) is 0 Å². The second kappa shape index (κ2) is 9.09. The normalized spacial score (nSPS) is 18.4. The maximum absolute atomic E-state index is 13.0. The Morgan fingerprint density at radius 1 is 1.36 bits per heavy atom. The number of aliphatic imine (C=N–C) groups is 1. The second-order valence-electron chi connectivity index (χ2n) is 6.53. The zero-order valence-electron chi connectivity index (χ0n) is 15.7. The van der Waals surface area contributed by atoms with Crippen LogP contribution in [0.15, 0.2) is 47.7 Å². The van der Waals surface area contributed by atoms with Crippen LogP contribution in [0.4, 0.5) is 13.2 Å². The summed E-state index contributed by atoms with van der Waals surface area (Å²) in [6.45, 7) is 3.02. The predicted octanol–water partition coefficient (Wildman–Crippen LogP) is 2.94. The number of alkyl halides is 3. The minimum absolute atomic E-state index is 0.425. The smallest absolute Gasteiger partial charge is 0.370 e. The highest BCUT2D eigenvalue weighted by Gasteiger charge is 2.32. The number of morpholine rings is 1. The number of ether oxygens (including phenoxy) is 1. The maximum atomic E-state index is 13.0. The molecule has 2 heterocycles. The molecule has 1 N–H and O–H groups in total. The van der Waals surface area contributed by atoms with Crippen molar-refractivity contribution in [2.45, 2.75) is 25.2 Å². The van der Waals surface area contributed by atoms with Crippen LogP contribution in [0.3, 0.4) is 0 Å². The monoisotopic (exact) mass is 395 g/mol. The highest BCUT2D eigenvalue weighted by Crippen LogP contribution is 2.32. The molecule has 2 aromatic rings. The lowest BCUT2D eigenvalue weighted by atomic mass is 10.0. The quantitative estimate of drug-likeness (QED) is 0.481. The molecule has 152 valence electrons. The summed E-state index contributed by atoms with van der Waals surface area (Å²) in [5, 5.41) is 7.47. The molecule has 0 aliphatic carbocycles. The molecule has 0 spiro atoms. The molecule has 1 fully saturated rings. The van der Waals surface area contributed by atoms with Crippen molar-refractivity contribution in [3.63, 3.8) is 0 Å². The summed E-state index contributed by atoms with van der Waals surface area (Å²) in [6.07, 6.45) is -0.262. The minimum Gasteiger partial charge on any atom is -0.370 e. The molecule has 1 saturated heterocycles. The lowest BCUT2D eigenvalue weighted by Gasteiger charge is -2.35. The Hall–Kier alpha value is -2.55. The van der Waals surface area contributed by atoms with E-state index in [9.17, 15) is 13.2 Å². The molecule has 1 aliphatic rings. The number of rotatable bonds is 5. The van der Waals surface area contributed by atoms with Crippen LogP contribution >= 0.6 is 0 Å². The topological polar surface area (TPSA) is 54.7 Å². The van der Waals surface area contributed by atoms with Gasteiger partial charge in [0.25, 0.3) is 0 Å². The number of benzene rings is 1. The van der Waals surface area contributed by atoms with Gasteiger partial charge in [0.2, 0.25) is 0 Å². The van der Waals surface area contributed by atoms with E-state index in [4.69, 9.17) is 4.74 Å². The van der Waals surface area contributed by atoms with E-state index in [0.717, 1.165) is 37.6 Å². The summed E-state index contributed by atoms with van der Waals surface area (Å²) in [5.74, 6) is 0.723. The average Bonchev–Trinajstić information content (AvgIpc) is 3.21. The van der Waals surface area contributed by atoms with Gasteiger partial charge in [0.15, 0.2) is 5.96 Å². The van der Waals surface area contributed by atoms with Crippen molar-refractivity contribution >= 4 is 5.96 Å². The number of nitrogens with one attached hydrogen (secondary N) is 1. The first kappa shape index (κ1) is 20.2. The van der Waals surface area contributed by atoms with Gasteiger partial charge in [-0.1, -0.05) is 12.1 Å². The van der Waals surface area contributed by atoms with Crippen molar-refractivity contribution in [3.05, 3.63) is 53.9 Å². The number of guanidine groups is 1. The molecule has 0 bridgehead atoms. The molecule has 0 saturated carbocycles. The molecule has 1 aromatic carbocycles. The van der Waals surface area contributed by atoms with Crippen molar-refractivity contribution < 1.29 is 17.9 Å². The fraction of sp³-hybridized carbons (Fsp3) is 0.474. The average molecular weight is 395 g/mol. The van der Waals surface area contributed by atoms with E-state index in [0.29, 0.717) is 25.3 Å². The number of halogens is 3. The van der Waals surface area contributed by atoms with Crippen LogP contribution in [-0.2, 0) is 17.5 Å². The van der Waals surface area contributed by atoms with Crippen LogP contribution in [0.2, 0.25) is 0 Å². The maximum Gasteiger partial charge on any atom is 0.416 e. The number of hydrogen-bond donors (Lipinski definition) is 1. The van der Waals surface area contributed by atoms with Crippen LogP contribution < -0.4 is 5.32 Å². The first-order valence-corrected chi connectivity index (χ1v) is 9.19. The number of hydrogen-bond acceptors (Lipinski definition) is 3. The molecule has 28 heavy (non-hydrogen) atoms. The lowest BCUT2D eigenvalue weighted by Crippen LogP contribution is -2.48.